The van der Waals surface area contributed by atoms with Gasteiger partial charge in [-0.1, -0.05) is 12.1 Å². The molecule has 0 unspecified atom stereocenters. The van der Waals surface area contributed by atoms with Gasteiger partial charge in [0.1, 0.15) is 5.75 Å². The molecule has 23 heavy (non-hydrogen) atoms. The van der Waals surface area contributed by atoms with Gasteiger partial charge in [-0.3, -0.25) is 4.79 Å². The lowest BCUT2D eigenvalue weighted by Crippen LogP contribution is -2.17. The van der Waals surface area contributed by atoms with Crippen LogP contribution in [0.2, 0.25) is 0 Å². The Balaban J connectivity index is 2.09. The van der Waals surface area contributed by atoms with Gasteiger partial charge in [-0.25, -0.2) is 5.43 Å². The van der Waals surface area contributed by atoms with Crippen LogP contribution in [0.5, 0.6) is 17.2 Å². The summed E-state index contributed by atoms with van der Waals surface area (Å²) < 4.78 is 15.5. The van der Waals surface area contributed by atoms with Crippen molar-refractivity contribution >= 4 is 12.1 Å². The molecule has 120 valence electrons. The molecular formula is C17H18N2O4. The summed E-state index contributed by atoms with van der Waals surface area (Å²) in [7, 11) is 4.63. The summed E-state index contributed by atoms with van der Waals surface area (Å²) in [6.45, 7) is 0. The Morgan fingerprint density at radius 1 is 0.957 bits per heavy atom. The number of carbonyl (C=O) groups is 1. The van der Waals surface area contributed by atoms with E-state index < -0.39 is 0 Å². The van der Waals surface area contributed by atoms with E-state index in [1.165, 1.54) is 20.4 Å². The maximum Gasteiger partial charge on any atom is 0.271 e. The summed E-state index contributed by atoms with van der Waals surface area (Å²) in [5.74, 6) is 1.36. The van der Waals surface area contributed by atoms with Gasteiger partial charge in [0.05, 0.1) is 27.5 Å². The number of ether oxygens (including phenoxy) is 3. The summed E-state index contributed by atoms with van der Waals surface area (Å²) in [5.41, 5.74) is 3.65. The van der Waals surface area contributed by atoms with Crippen molar-refractivity contribution in [2.45, 2.75) is 0 Å². The Kier molecular flexibility index (Phi) is 5.57. The number of benzene rings is 2. The van der Waals surface area contributed by atoms with Crippen molar-refractivity contribution in [2.24, 2.45) is 5.10 Å². The second-order valence-corrected chi connectivity index (χ2v) is 4.51. The summed E-state index contributed by atoms with van der Waals surface area (Å²) >= 11 is 0. The lowest BCUT2D eigenvalue weighted by atomic mass is 10.2. The lowest BCUT2D eigenvalue weighted by Gasteiger charge is -2.08. The third kappa shape index (κ3) is 4.00. The van der Waals surface area contributed by atoms with E-state index in [-0.39, 0.29) is 5.91 Å². The zero-order valence-electron chi connectivity index (χ0n) is 13.2. The SMILES string of the molecule is COc1ccccc1/C=N/NC(=O)c1ccc(OC)c(OC)c1. The van der Waals surface area contributed by atoms with Gasteiger partial charge in [0, 0.05) is 11.1 Å². The highest BCUT2D eigenvalue weighted by Gasteiger charge is 2.10. The fourth-order valence-corrected chi connectivity index (χ4v) is 1.98. The average Bonchev–Trinajstić information content (AvgIpc) is 2.61. The molecule has 0 aromatic heterocycles. The van der Waals surface area contributed by atoms with Gasteiger partial charge >= 0.3 is 0 Å². The molecular weight excluding hydrogens is 296 g/mol. The molecule has 2 rings (SSSR count). The molecule has 0 atom stereocenters. The third-order valence-electron chi connectivity index (χ3n) is 3.15. The molecule has 1 amide bonds. The lowest BCUT2D eigenvalue weighted by molar-refractivity contribution is 0.0954. The van der Waals surface area contributed by atoms with E-state index in [0.29, 0.717) is 22.8 Å². The summed E-state index contributed by atoms with van der Waals surface area (Å²) in [5, 5.41) is 3.95. The van der Waals surface area contributed by atoms with Crippen molar-refractivity contribution in [1.29, 1.82) is 0 Å². The second-order valence-electron chi connectivity index (χ2n) is 4.51. The molecule has 0 aliphatic heterocycles. The highest BCUT2D eigenvalue weighted by atomic mass is 16.5. The van der Waals surface area contributed by atoms with Crippen LogP contribution >= 0.6 is 0 Å². The minimum absolute atomic E-state index is 0.350. The monoisotopic (exact) mass is 314 g/mol. The van der Waals surface area contributed by atoms with Crippen LogP contribution in [-0.2, 0) is 0 Å². The zero-order chi connectivity index (χ0) is 16.7. The van der Waals surface area contributed by atoms with Crippen molar-refractivity contribution in [3.05, 3.63) is 53.6 Å². The van der Waals surface area contributed by atoms with Crippen LogP contribution in [0.3, 0.4) is 0 Å². The molecule has 0 heterocycles. The molecule has 0 aliphatic rings. The first-order valence-corrected chi connectivity index (χ1v) is 6.88. The number of nitrogens with zero attached hydrogens (tertiary/aromatic N) is 1. The Labute approximate surface area is 134 Å². The van der Waals surface area contributed by atoms with E-state index in [4.69, 9.17) is 14.2 Å². The van der Waals surface area contributed by atoms with Gasteiger partial charge in [-0.2, -0.15) is 5.10 Å². The number of para-hydroxylation sites is 1. The number of methoxy groups -OCH3 is 3. The summed E-state index contributed by atoms with van der Waals surface area (Å²) in [6.07, 6.45) is 1.53. The highest BCUT2D eigenvalue weighted by molar-refractivity contribution is 5.95. The summed E-state index contributed by atoms with van der Waals surface area (Å²) in [6, 6.07) is 12.3. The standard InChI is InChI=1S/C17H18N2O4/c1-21-14-7-5-4-6-13(14)11-18-19-17(20)12-8-9-15(22-2)16(10-12)23-3/h4-11H,1-3H3,(H,19,20)/b18-11+. The molecule has 0 aliphatic carbocycles. The minimum atomic E-state index is -0.350. The molecule has 0 spiro atoms. The molecule has 0 fully saturated rings. The highest BCUT2D eigenvalue weighted by Crippen LogP contribution is 2.27. The van der Waals surface area contributed by atoms with Crippen LogP contribution in [0.25, 0.3) is 0 Å². The zero-order valence-corrected chi connectivity index (χ0v) is 13.2. The van der Waals surface area contributed by atoms with Gasteiger partial charge in [-0.15, -0.1) is 0 Å². The number of hydrogen-bond acceptors (Lipinski definition) is 5. The maximum absolute atomic E-state index is 12.1. The normalized spacial score (nSPS) is 10.4. The molecule has 0 saturated carbocycles. The van der Waals surface area contributed by atoms with Gasteiger partial charge < -0.3 is 14.2 Å². The van der Waals surface area contributed by atoms with E-state index >= 15 is 0 Å². The van der Waals surface area contributed by atoms with Crippen molar-refractivity contribution in [1.82, 2.24) is 5.43 Å². The first-order valence-electron chi connectivity index (χ1n) is 6.88. The first kappa shape index (κ1) is 16.4. The van der Waals surface area contributed by atoms with Crippen LogP contribution in [0, 0.1) is 0 Å². The smallest absolute Gasteiger partial charge is 0.271 e. The Morgan fingerprint density at radius 3 is 2.35 bits per heavy atom. The van der Waals surface area contributed by atoms with Crippen LogP contribution in [0.4, 0.5) is 0 Å². The van der Waals surface area contributed by atoms with E-state index in [9.17, 15) is 4.79 Å². The van der Waals surface area contributed by atoms with Crippen LogP contribution < -0.4 is 19.6 Å². The number of amides is 1. The molecule has 6 nitrogen and oxygen atoms in total. The van der Waals surface area contributed by atoms with Crippen molar-refractivity contribution in [3.63, 3.8) is 0 Å². The number of hydrogen-bond donors (Lipinski definition) is 1. The van der Waals surface area contributed by atoms with E-state index in [1.807, 2.05) is 24.3 Å². The van der Waals surface area contributed by atoms with Crippen LogP contribution in [0.15, 0.2) is 47.6 Å². The minimum Gasteiger partial charge on any atom is -0.496 e. The molecule has 6 heteroatoms. The predicted molar refractivity (Wildman–Crippen MR) is 87.6 cm³/mol. The van der Waals surface area contributed by atoms with E-state index in [0.717, 1.165) is 5.56 Å². The van der Waals surface area contributed by atoms with Crippen LogP contribution in [-0.4, -0.2) is 33.5 Å². The Bertz CT molecular complexity index is 713. The molecule has 2 aromatic carbocycles. The molecule has 1 N–H and O–H groups in total. The first-order chi connectivity index (χ1) is 11.2. The number of nitrogens with one attached hydrogen (secondary N) is 1. The van der Waals surface area contributed by atoms with Gasteiger partial charge in [-0.05, 0) is 30.3 Å². The molecule has 2 aromatic rings. The molecule has 0 saturated heterocycles. The number of rotatable bonds is 6. The summed E-state index contributed by atoms with van der Waals surface area (Å²) in [4.78, 5) is 12.1. The largest absolute Gasteiger partial charge is 0.496 e. The topological polar surface area (TPSA) is 69.2 Å². The molecule has 0 radical (unpaired) electrons. The van der Waals surface area contributed by atoms with Crippen molar-refractivity contribution < 1.29 is 19.0 Å². The van der Waals surface area contributed by atoms with Gasteiger partial charge in [0.15, 0.2) is 11.5 Å². The van der Waals surface area contributed by atoms with Crippen LogP contribution in [0.1, 0.15) is 15.9 Å². The second kappa shape index (κ2) is 7.84. The van der Waals surface area contributed by atoms with E-state index in [2.05, 4.69) is 10.5 Å². The fourth-order valence-electron chi connectivity index (χ4n) is 1.98. The number of carbonyl (C=O) groups excluding carboxylic acids is 1. The molecule has 0 bridgehead atoms. The number of hydrazone groups is 1. The quantitative estimate of drug-likeness (QED) is 0.657. The Morgan fingerprint density at radius 2 is 1.65 bits per heavy atom. The third-order valence-corrected chi connectivity index (χ3v) is 3.15. The van der Waals surface area contributed by atoms with Gasteiger partial charge in [0.2, 0.25) is 0 Å². The Hall–Kier alpha value is -3.02. The average molecular weight is 314 g/mol. The fraction of sp³-hybridized carbons (Fsp3) is 0.176. The maximum atomic E-state index is 12.1. The van der Waals surface area contributed by atoms with Crippen molar-refractivity contribution in [3.8, 4) is 17.2 Å². The predicted octanol–water partition coefficient (Wildman–Crippen LogP) is 2.48. The van der Waals surface area contributed by atoms with Gasteiger partial charge in [0.25, 0.3) is 5.91 Å². The van der Waals surface area contributed by atoms with Crippen molar-refractivity contribution in [2.75, 3.05) is 21.3 Å². The van der Waals surface area contributed by atoms with E-state index in [1.54, 1.807) is 25.3 Å².